The summed E-state index contributed by atoms with van der Waals surface area (Å²) in [6.45, 7) is 2.21. The highest BCUT2D eigenvalue weighted by atomic mass is 19.1. The van der Waals surface area contributed by atoms with Crippen LogP contribution in [-0.2, 0) is 4.74 Å². The lowest BCUT2D eigenvalue weighted by Gasteiger charge is -2.25. The average molecular weight is 414 g/mol. The lowest BCUT2D eigenvalue weighted by atomic mass is 10.1. The van der Waals surface area contributed by atoms with Gasteiger partial charge in [0.2, 0.25) is 5.43 Å². The molecule has 0 amide bonds. The second-order valence-electron chi connectivity index (χ2n) is 7.79. The summed E-state index contributed by atoms with van der Waals surface area (Å²) in [7, 11) is 0. The largest absolute Gasteiger partial charge is 0.511 e. The van der Waals surface area contributed by atoms with E-state index in [9.17, 15) is 14.9 Å². The van der Waals surface area contributed by atoms with Gasteiger partial charge in [0.25, 0.3) is 0 Å². The number of hydrogen-bond acceptors (Lipinski definition) is 7. The number of pyridine rings is 1. The van der Waals surface area contributed by atoms with E-state index >= 15 is 4.39 Å². The highest BCUT2D eigenvalue weighted by Crippen LogP contribution is 2.41. The van der Waals surface area contributed by atoms with E-state index in [0.29, 0.717) is 31.8 Å². The Kier molecular flexibility index (Phi) is 4.38. The third kappa shape index (κ3) is 2.98. The van der Waals surface area contributed by atoms with E-state index < -0.39 is 23.2 Å². The van der Waals surface area contributed by atoms with Crippen LogP contribution in [0.2, 0.25) is 0 Å². The molecule has 5 rings (SSSR count). The minimum absolute atomic E-state index is 0.000754. The molecule has 3 aliphatic rings. The number of carbonyl (C=O) groups is 1. The molecule has 2 N–H and O–H groups in total. The van der Waals surface area contributed by atoms with Crippen molar-refractivity contribution in [2.45, 2.75) is 31.0 Å². The third-order valence-corrected chi connectivity index (χ3v) is 5.88. The van der Waals surface area contributed by atoms with Gasteiger partial charge in [-0.3, -0.25) is 4.79 Å². The first-order valence-electron chi connectivity index (χ1n) is 9.80. The van der Waals surface area contributed by atoms with E-state index in [0.717, 1.165) is 18.9 Å². The second kappa shape index (κ2) is 6.97. The number of ether oxygens (including phenoxy) is 2. The minimum atomic E-state index is -1.63. The lowest BCUT2D eigenvalue weighted by molar-refractivity contribution is 0.0212. The second-order valence-corrected chi connectivity index (χ2v) is 7.79. The van der Waals surface area contributed by atoms with Crippen LogP contribution in [0.3, 0.4) is 0 Å². The van der Waals surface area contributed by atoms with Crippen molar-refractivity contribution in [1.82, 2.24) is 9.88 Å². The first kappa shape index (κ1) is 18.8. The van der Waals surface area contributed by atoms with Gasteiger partial charge in [0.05, 0.1) is 41.5 Å². The molecule has 0 spiro atoms. The van der Waals surface area contributed by atoms with E-state index in [4.69, 9.17) is 9.84 Å². The molecular formula is C20H19FN4O5. The summed E-state index contributed by atoms with van der Waals surface area (Å²) in [5, 5.41) is 22.2. The van der Waals surface area contributed by atoms with E-state index in [1.165, 1.54) is 6.20 Å². The molecule has 2 atom stereocenters. The number of benzene rings is 1. The number of rotatable bonds is 3. The van der Waals surface area contributed by atoms with Crippen molar-refractivity contribution in [2.75, 3.05) is 31.1 Å². The Hall–Kier alpha value is -3.16. The molecule has 1 aromatic carbocycles. The molecule has 9 nitrogen and oxygen atoms in total. The number of halogens is 1. The Morgan fingerprint density at radius 2 is 2.20 bits per heavy atom. The first-order valence-corrected chi connectivity index (χ1v) is 9.80. The number of nitrogens with one attached hydrogen (secondary N) is 1. The molecule has 3 heterocycles. The van der Waals surface area contributed by atoms with Gasteiger partial charge in [0, 0.05) is 25.7 Å². The molecule has 156 valence electrons. The maximum absolute atomic E-state index is 15.3. The Bertz CT molecular complexity index is 1140. The zero-order valence-corrected chi connectivity index (χ0v) is 15.9. The lowest BCUT2D eigenvalue weighted by Crippen LogP contribution is -2.47. The number of aromatic nitrogens is 1. The zero-order valence-electron chi connectivity index (χ0n) is 15.9. The van der Waals surface area contributed by atoms with Gasteiger partial charge >= 0.3 is 6.16 Å². The Balaban J connectivity index is 1.71. The van der Waals surface area contributed by atoms with Crippen LogP contribution in [0.5, 0.6) is 5.75 Å². The summed E-state index contributed by atoms with van der Waals surface area (Å²) in [5.41, 5.74) is -0.241. The average Bonchev–Trinajstić information content (AvgIpc) is 3.47. The molecule has 2 aromatic rings. The molecule has 2 saturated heterocycles. The standard InChI is InChI=1S/C20H19FN4O5/c21-13-5-11-17(25(10-1-2-10)9-16(19(11)26)30-20(27)28)12(6-22)18(13)24-7-14-15(8-24)29-4-3-23-14/h5,9-10,14-15,23H,1-4,7-8H2,(H,27,28)/t14-,15-/m1/s1. The molecule has 1 aromatic heterocycles. The molecular weight excluding hydrogens is 395 g/mol. The minimum Gasteiger partial charge on any atom is -0.449 e. The van der Waals surface area contributed by atoms with E-state index in [-0.39, 0.29) is 34.8 Å². The monoisotopic (exact) mass is 414 g/mol. The van der Waals surface area contributed by atoms with Crippen LogP contribution >= 0.6 is 0 Å². The highest BCUT2D eigenvalue weighted by Gasteiger charge is 2.38. The summed E-state index contributed by atoms with van der Waals surface area (Å²) >= 11 is 0. The fraction of sp³-hybridized carbons (Fsp3) is 0.450. The normalized spacial score (nSPS) is 23.3. The topological polar surface area (TPSA) is 117 Å². The number of nitriles is 1. The van der Waals surface area contributed by atoms with Crippen molar-refractivity contribution in [3.63, 3.8) is 0 Å². The van der Waals surface area contributed by atoms with Gasteiger partial charge in [0.1, 0.15) is 17.4 Å². The summed E-state index contributed by atoms with van der Waals surface area (Å²) in [4.78, 5) is 25.6. The van der Waals surface area contributed by atoms with Crippen LogP contribution in [0.15, 0.2) is 17.1 Å². The molecule has 0 bridgehead atoms. The van der Waals surface area contributed by atoms with Crippen LogP contribution in [-0.4, -0.2) is 54.2 Å². The number of fused-ring (bicyclic) bond motifs is 2. The molecule has 30 heavy (non-hydrogen) atoms. The van der Waals surface area contributed by atoms with Crippen LogP contribution in [0.4, 0.5) is 14.9 Å². The molecule has 1 aliphatic carbocycles. The smallest absolute Gasteiger partial charge is 0.449 e. The first-order chi connectivity index (χ1) is 14.5. The summed E-state index contributed by atoms with van der Waals surface area (Å²) in [5.74, 6) is -1.10. The summed E-state index contributed by atoms with van der Waals surface area (Å²) in [6.07, 6.45) is 1.21. The molecule has 0 unspecified atom stereocenters. The number of morpholine rings is 1. The van der Waals surface area contributed by atoms with Gasteiger partial charge in [-0.2, -0.15) is 5.26 Å². The molecule has 3 fully saturated rings. The molecule has 2 aliphatic heterocycles. The Labute approximate surface area is 170 Å². The van der Waals surface area contributed by atoms with Crippen molar-refractivity contribution < 1.29 is 23.8 Å². The fourth-order valence-electron chi connectivity index (χ4n) is 4.45. The van der Waals surface area contributed by atoms with E-state index in [1.807, 2.05) is 0 Å². The molecule has 1 saturated carbocycles. The zero-order chi connectivity index (χ0) is 21.0. The predicted octanol–water partition coefficient (Wildman–Crippen LogP) is 1.58. The van der Waals surface area contributed by atoms with Gasteiger partial charge in [-0.05, 0) is 18.9 Å². The van der Waals surface area contributed by atoms with Crippen LogP contribution in [0, 0.1) is 17.1 Å². The third-order valence-electron chi connectivity index (χ3n) is 5.88. The van der Waals surface area contributed by atoms with Crippen molar-refractivity contribution >= 4 is 22.7 Å². The summed E-state index contributed by atoms with van der Waals surface area (Å²) in [6, 6.07) is 3.21. The number of anilines is 1. The van der Waals surface area contributed by atoms with Crippen molar-refractivity contribution in [3.05, 3.63) is 33.9 Å². The van der Waals surface area contributed by atoms with Gasteiger partial charge in [-0.1, -0.05) is 0 Å². The highest BCUT2D eigenvalue weighted by molar-refractivity contribution is 5.92. The van der Waals surface area contributed by atoms with Gasteiger partial charge in [-0.15, -0.1) is 0 Å². The maximum atomic E-state index is 15.3. The predicted molar refractivity (Wildman–Crippen MR) is 104 cm³/mol. The van der Waals surface area contributed by atoms with Crippen LogP contribution < -0.4 is 20.4 Å². The molecule has 0 radical (unpaired) electrons. The fourth-order valence-corrected chi connectivity index (χ4v) is 4.45. The summed E-state index contributed by atoms with van der Waals surface area (Å²) < 4.78 is 27.3. The van der Waals surface area contributed by atoms with Crippen molar-refractivity contribution in [1.29, 1.82) is 5.26 Å². The number of nitrogens with zero attached hydrogens (tertiary/aromatic N) is 3. The number of carboxylic acid groups (broad SMARTS) is 1. The van der Waals surface area contributed by atoms with E-state index in [1.54, 1.807) is 9.47 Å². The number of hydrogen-bond donors (Lipinski definition) is 2. The Morgan fingerprint density at radius 3 is 2.87 bits per heavy atom. The van der Waals surface area contributed by atoms with Crippen LogP contribution in [0.25, 0.3) is 10.9 Å². The van der Waals surface area contributed by atoms with Crippen LogP contribution in [0.1, 0.15) is 24.4 Å². The SMILES string of the molecule is N#Cc1c(N2C[C@H]3NCCO[C@@H]3C2)c(F)cc2c(=O)c(OC(=O)O)cn(C3CC3)c12. The van der Waals surface area contributed by atoms with E-state index in [2.05, 4.69) is 16.1 Å². The quantitative estimate of drug-likeness (QED) is 0.727. The van der Waals surface area contributed by atoms with Crippen molar-refractivity contribution in [2.24, 2.45) is 0 Å². The van der Waals surface area contributed by atoms with Gasteiger partial charge < -0.3 is 29.4 Å². The van der Waals surface area contributed by atoms with Gasteiger partial charge in [-0.25, -0.2) is 9.18 Å². The maximum Gasteiger partial charge on any atom is 0.511 e. The van der Waals surface area contributed by atoms with Crippen molar-refractivity contribution in [3.8, 4) is 11.8 Å². The van der Waals surface area contributed by atoms with Gasteiger partial charge in [0.15, 0.2) is 5.75 Å². The Morgan fingerprint density at radius 1 is 1.40 bits per heavy atom. The molecule has 10 heteroatoms.